The summed E-state index contributed by atoms with van der Waals surface area (Å²) in [7, 11) is 0. The van der Waals surface area contributed by atoms with Crippen molar-refractivity contribution in [3.8, 4) is 17.1 Å². The Morgan fingerprint density at radius 1 is 0.974 bits per heavy atom. The van der Waals surface area contributed by atoms with Crippen molar-refractivity contribution in [2.45, 2.75) is 38.5 Å². The molecule has 0 saturated heterocycles. The lowest BCUT2D eigenvalue weighted by atomic mass is 10.0. The van der Waals surface area contributed by atoms with Crippen LogP contribution in [0.4, 0.5) is 8.78 Å². The van der Waals surface area contributed by atoms with Gasteiger partial charge >= 0.3 is 5.97 Å². The summed E-state index contributed by atoms with van der Waals surface area (Å²) in [6, 6.07) is 16.6. The molecule has 0 aliphatic carbocycles. The number of benzene rings is 3. The van der Waals surface area contributed by atoms with Crippen LogP contribution in [-0.4, -0.2) is 30.8 Å². The molecule has 0 spiro atoms. The summed E-state index contributed by atoms with van der Waals surface area (Å²) in [4.78, 5) is 33.7. The number of aromatic nitrogens is 4. The number of carbonyl (C=O) groups is 1. The van der Waals surface area contributed by atoms with Gasteiger partial charge in [-0.3, -0.25) is 14.2 Å². The molecule has 198 valence electrons. The van der Waals surface area contributed by atoms with Gasteiger partial charge in [0.25, 0.3) is 5.56 Å². The summed E-state index contributed by atoms with van der Waals surface area (Å²) in [5.41, 5.74) is 1.96. The number of fused-ring (bicyclic) bond motifs is 1. The number of nitrogens with zero attached hydrogens (tertiary/aromatic N) is 4. The zero-order valence-electron chi connectivity index (χ0n) is 21.0. The number of aliphatic carboxylic acids is 1. The minimum atomic E-state index is -0.893. The van der Waals surface area contributed by atoms with Gasteiger partial charge in [0.2, 0.25) is 11.7 Å². The predicted octanol–water partition coefficient (Wildman–Crippen LogP) is 5.66. The molecule has 0 aliphatic rings. The quantitative estimate of drug-likeness (QED) is 0.245. The molecule has 3 aromatic carbocycles. The topological polar surface area (TPSA) is 111 Å². The van der Waals surface area contributed by atoms with Gasteiger partial charge in [-0.2, -0.15) is 4.98 Å². The Bertz CT molecular complexity index is 1700. The van der Waals surface area contributed by atoms with Crippen molar-refractivity contribution >= 4 is 16.9 Å². The number of hydrogen-bond acceptors (Lipinski definition) is 6. The first-order valence-electron chi connectivity index (χ1n) is 12.4. The molecule has 2 aromatic heterocycles. The lowest BCUT2D eigenvalue weighted by Gasteiger charge is -2.14. The van der Waals surface area contributed by atoms with E-state index in [1.165, 1.54) is 41.0 Å². The Morgan fingerprint density at radius 3 is 2.36 bits per heavy atom. The summed E-state index contributed by atoms with van der Waals surface area (Å²) in [6.45, 7) is 1.88. The number of unbranched alkanes of at least 4 members (excludes halogenated alkanes) is 1. The first-order chi connectivity index (χ1) is 18.8. The van der Waals surface area contributed by atoms with E-state index in [1.54, 1.807) is 30.3 Å². The van der Waals surface area contributed by atoms with Crippen LogP contribution in [0.3, 0.4) is 0 Å². The second kappa shape index (κ2) is 10.9. The lowest BCUT2D eigenvalue weighted by Crippen LogP contribution is -2.24. The van der Waals surface area contributed by atoms with E-state index in [0.29, 0.717) is 59.0 Å². The highest BCUT2D eigenvalue weighted by Crippen LogP contribution is 2.27. The largest absolute Gasteiger partial charge is 0.481 e. The SMILES string of the molecule is CC(c1ccc(F)cc1)c1nc(-c2ccc3c(=O)n(-c4ccc(F)cc4)c(CCCCC(=O)O)nc3c2)no1. The molecular weight excluding hydrogens is 506 g/mol. The Hall–Kier alpha value is -4.73. The number of rotatable bonds is 9. The van der Waals surface area contributed by atoms with Gasteiger partial charge in [-0.25, -0.2) is 13.8 Å². The molecule has 1 atom stereocenters. The van der Waals surface area contributed by atoms with Gasteiger partial charge < -0.3 is 9.63 Å². The van der Waals surface area contributed by atoms with Crippen LogP contribution >= 0.6 is 0 Å². The van der Waals surface area contributed by atoms with E-state index in [-0.39, 0.29) is 23.7 Å². The molecule has 8 nitrogen and oxygen atoms in total. The molecular formula is C29H24F2N4O4. The number of hydrogen-bond donors (Lipinski definition) is 1. The van der Waals surface area contributed by atoms with Crippen LogP contribution in [-0.2, 0) is 11.2 Å². The number of aryl methyl sites for hydroxylation is 1. The molecule has 0 amide bonds. The maximum Gasteiger partial charge on any atom is 0.303 e. The number of carboxylic acid groups (broad SMARTS) is 1. The molecule has 0 aliphatic heterocycles. The number of halogens is 2. The molecule has 0 radical (unpaired) electrons. The Labute approximate surface area is 221 Å². The first-order valence-corrected chi connectivity index (χ1v) is 12.4. The van der Waals surface area contributed by atoms with Crippen LogP contribution in [0.5, 0.6) is 0 Å². The third-order valence-electron chi connectivity index (χ3n) is 6.51. The number of carboxylic acids is 1. The highest BCUT2D eigenvalue weighted by molar-refractivity contribution is 5.82. The lowest BCUT2D eigenvalue weighted by molar-refractivity contribution is -0.137. The van der Waals surface area contributed by atoms with Crippen LogP contribution in [0.1, 0.15) is 49.4 Å². The van der Waals surface area contributed by atoms with Gasteiger partial charge in [0, 0.05) is 18.4 Å². The van der Waals surface area contributed by atoms with Crippen molar-refractivity contribution in [3.63, 3.8) is 0 Å². The van der Waals surface area contributed by atoms with E-state index in [2.05, 4.69) is 10.1 Å². The van der Waals surface area contributed by atoms with E-state index in [1.807, 2.05) is 6.92 Å². The average molecular weight is 531 g/mol. The molecule has 10 heteroatoms. The van der Waals surface area contributed by atoms with Crippen molar-refractivity contribution < 1.29 is 23.2 Å². The second-order valence-corrected chi connectivity index (χ2v) is 9.21. The average Bonchev–Trinajstić information content (AvgIpc) is 3.42. The van der Waals surface area contributed by atoms with Crippen molar-refractivity contribution in [2.75, 3.05) is 0 Å². The van der Waals surface area contributed by atoms with Gasteiger partial charge in [0.05, 0.1) is 22.5 Å². The minimum Gasteiger partial charge on any atom is -0.481 e. The van der Waals surface area contributed by atoms with Crippen molar-refractivity contribution in [2.24, 2.45) is 0 Å². The summed E-state index contributed by atoms with van der Waals surface area (Å²) >= 11 is 0. The fourth-order valence-corrected chi connectivity index (χ4v) is 4.38. The summed E-state index contributed by atoms with van der Waals surface area (Å²) in [5, 5.41) is 13.4. The third kappa shape index (κ3) is 5.59. The predicted molar refractivity (Wildman–Crippen MR) is 140 cm³/mol. The van der Waals surface area contributed by atoms with Gasteiger partial charge in [-0.05, 0) is 73.9 Å². The molecule has 39 heavy (non-hydrogen) atoms. The van der Waals surface area contributed by atoms with Gasteiger partial charge in [-0.15, -0.1) is 0 Å². The molecule has 0 saturated carbocycles. The van der Waals surface area contributed by atoms with Crippen molar-refractivity contribution in [3.05, 3.63) is 106 Å². The van der Waals surface area contributed by atoms with E-state index < -0.39 is 11.8 Å². The highest BCUT2D eigenvalue weighted by Gasteiger charge is 2.19. The van der Waals surface area contributed by atoms with Crippen LogP contribution in [0.15, 0.2) is 76.0 Å². The normalized spacial score (nSPS) is 12.1. The Morgan fingerprint density at radius 2 is 1.67 bits per heavy atom. The summed E-state index contributed by atoms with van der Waals surface area (Å²) < 4.78 is 33.8. The summed E-state index contributed by atoms with van der Waals surface area (Å²) in [5.74, 6) is -0.813. The van der Waals surface area contributed by atoms with Crippen LogP contribution in [0.2, 0.25) is 0 Å². The van der Waals surface area contributed by atoms with Gasteiger partial charge in [-0.1, -0.05) is 23.4 Å². The Balaban J connectivity index is 1.52. The molecule has 0 bridgehead atoms. The van der Waals surface area contributed by atoms with E-state index in [9.17, 15) is 18.4 Å². The van der Waals surface area contributed by atoms with Crippen LogP contribution in [0.25, 0.3) is 28.0 Å². The molecule has 5 rings (SSSR count). The molecule has 1 N–H and O–H groups in total. The van der Waals surface area contributed by atoms with Crippen LogP contribution in [0, 0.1) is 11.6 Å². The van der Waals surface area contributed by atoms with Gasteiger partial charge in [0.1, 0.15) is 17.5 Å². The van der Waals surface area contributed by atoms with Gasteiger partial charge in [0.15, 0.2) is 0 Å². The zero-order valence-corrected chi connectivity index (χ0v) is 21.0. The van der Waals surface area contributed by atoms with E-state index >= 15 is 0 Å². The molecule has 1 unspecified atom stereocenters. The van der Waals surface area contributed by atoms with E-state index in [4.69, 9.17) is 14.6 Å². The van der Waals surface area contributed by atoms with Crippen molar-refractivity contribution in [1.29, 1.82) is 0 Å². The first kappa shape index (κ1) is 25.9. The van der Waals surface area contributed by atoms with Crippen molar-refractivity contribution in [1.82, 2.24) is 19.7 Å². The fraction of sp³-hybridized carbons (Fsp3) is 0.207. The zero-order chi connectivity index (χ0) is 27.5. The highest BCUT2D eigenvalue weighted by atomic mass is 19.1. The molecule has 0 fully saturated rings. The molecule has 5 aromatic rings. The second-order valence-electron chi connectivity index (χ2n) is 9.21. The maximum atomic E-state index is 13.6. The smallest absolute Gasteiger partial charge is 0.303 e. The fourth-order valence-electron chi connectivity index (χ4n) is 4.38. The molecule has 2 heterocycles. The van der Waals surface area contributed by atoms with E-state index in [0.717, 1.165) is 5.56 Å². The minimum absolute atomic E-state index is 0.00894. The Kier molecular flexibility index (Phi) is 7.27. The standard InChI is InChI=1S/C29H24F2N4O4/c1-17(18-6-9-20(30)10-7-18)28-33-27(34-39-28)19-8-15-23-24(16-19)32-25(4-2-3-5-26(36)37)35(29(23)38)22-13-11-21(31)12-14-22/h6-17H,2-5H2,1H3,(H,36,37). The monoisotopic (exact) mass is 530 g/mol. The maximum absolute atomic E-state index is 13.6. The van der Waals surface area contributed by atoms with Crippen LogP contribution < -0.4 is 5.56 Å². The third-order valence-corrected chi connectivity index (χ3v) is 6.51. The summed E-state index contributed by atoms with van der Waals surface area (Å²) in [6.07, 6.45) is 1.28.